The maximum atomic E-state index is 12.4. The number of hydrogen-bond acceptors (Lipinski definition) is 3. The van der Waals surface area contributed by atoms with E-state index in [9.17, 15) is 4.79 Å². The molecule has 0 aromatic carbocycles. The summed E-state index contributed by atoms with van der Waals surface area (Å²) in [7, 11) is 1.69. The predicted octanol–water partition coefficient (Wildman–Crippen LogP) is 3.00. The Labute approximate surface area is 151 Å². The van der Waals surface area contributed by atoms with Crippen LogP contribution in [0.3, 0.4) is 0 Å². The first-order valence-corrected chi connectivity index (χ1v) is 8.81. The highest BCUT2D eigenvalue weighted by Crippen LogP contribution is 2.32. The van der Waals surface area contributed by atoms with Gasteiger partial charge in [-0.25, -0.2) is 0 Å². The van der Waals surface area contributed by atoms with E-state index in [1.54, 1.807) is 7.11 Å². The second kappa shape index (κ2) is 10.7. The lowest BCUT2D eigenvalue weighted by Gasteiger charge is -2.26. The molecule has 5 nitrogen and oxygen atoms in total. The highest BCUT2D eigenvalue weighted by molar-refractivity contribution is 5.95. The van der Waals surface area contributed by atoms with Gasteiger partial charge in [0.25, 0.3) is 5.91 Å². The van der Waals surface area contributed by atoms with Gasteiger partial charge in [0.05, 0.1) is 12.2 Å². The first-order valence-electron chi connectivity index (χ1n) is 8.81. The normalized spacial score (nSPS) is 15.1. The van der Waals surface area contributed by atoms with Crippen molar-refractivity contribution >= 4 is 18.3 Å². The van der Waals surface area contributed by atoms with E-state index in [4.69, 9.17) is 4.74 Å². The molecule has 1 fully saturated rings. The molecular weight excluding hydrogens is 326 g/mol. The molecule has 1 saturated carbocycles. The second-order valence-electron chi connectivity index (χ2n) is 6.45. The van der Waals surface area contributed by atoms with Crippen molar-refractivity contribution in [1.29, 1.82) is 0 Å². The summed E-state index contributed by atoms with van der Waals surface area (Å²) in [6.07, 6.45) is 6.42. The van der Waals surface area contributed by atoms with Crippen molar-refractivity contribution < 1.29 is 9.53 Å². The van der Waals surface area contributed by atoms with Crippen LogP contribution in [-0.2, 0) is 4.74 Å². The molecule has 138 valence electrons. The van der Waals surface area contributed by atoms with Gasteiger partial charge in [0.2, 0.25) is 0 Å². The Bertz CT molecular complexity index is 511. The topological polar surface area (TPSA) is 55.3 Å². The van der Waals surface area contributed by atoms with Crippen LogP contribution < -0.4 is 10.6 Å². The quantitative estimate of drug-likeness (QED) is 0.703. The zero-order chi connectivity index (χ0) is 16.7. The number of rotatable bonds is 8. The number of nitrogens with zero attached hydrogens (tertiary/aromatic N) is 1. The van der Waals surface area contributed by atoms with Crippen molar-refractivity contribution in [3.63, 3.8) is 0 Å². The zero-order valence-electron chi connectivity index (χ0n) is 15.2. The van der Waals surface area contributed by atoms with Gasteiger partial charge in [0.15, 0.2) is 0 Å². The number of nitrogens with one attached hydrogen (secondary N) is 2. The van der Waals surface area contributed by atoms with Gasteiger partial charge in [-0.1, -0.05) is 19.3 Å². The average Bonchev–Trinajstić information content (AvgIpc) is 2.86. The summed E-state index contributed by atoms with van der Waals surface area (Å²) in [5.41, 5.74) is 3.14. The fourth-order valence-corrected chi connectivity index (χ4v) is 3.57. The van der Waals surface area contributed by atoms with Gasteiger partial charge in [-0.3, -0.25) is 4.79 Å². The summed E-state index contributed by atoms with van der Waals surface area (Å²) in [4.78, 5) is 12.4. The molecule has 1 amide bonds. The van der Waals surface area contributed by atoms with Gasteiger partial charge >= 0.3 is 0 Å². The molecule has 1 aromatic rings. The third kappa shape index (κ3) is 5.50. The average molecular weight is 358 g/mol. The predicted molar refractivity (Wildman–Crippen MR) is 100 cm³/mol. The highest BCUT2D eigenvalue weighted by Gasteiger charge is 2.22. The smallest absolute Gasteiger partial charge is 0.253 e. The molecule has 1 heterocycles. The van der Waals surface area contributed by atoms with E-state index in [0.717, 1.165) is 24.3 Å². The van der Waals surface area contributed by atoms with Crippen molar-refractivity contribution in [2.24, 2.45) is 0 Å². The molecule has 0 bridgehead atoms. The number of amides is 1. The summed E-state index contributed by atoms with van der Waals surface area (Å²) in [5.74, 6) is 0.0358. The Morgan fingerprint density at radius 3 is 2.58 bits per heavy atom. The Kier molecular flexibility index (Phi) is 9.41. The number of halogens is 1. The van der Waals surface area contributed by atoms with E-state index < -0.39 is 0 Å². The van der Waals surface area contributed by atoms with E-state index in [1.165, 1.54) is 37.8 Å². The Balaban J connectivity index is 0.00000288. The molecule has 0 radical (unpaired) electrons. The van der Waals surface area contributed by atoms with Crippen LogP contribution in [0.5, 0.6) is 0 Å². The zero-order valence-corrected chi connectivity index (χ0v) is 16.0. The summed E-state index contributed by atoms with van der Waals surface area (Å²) in [6.45, 7) is 7.09. The van der Waals surface area contributed by atoms with Gasteiger partial charge in [0.1, 0.15) is 0 Å². The monoisotopic (exact) mass is 357 g/mol. The van der Waals surface area contributed by atoms with Crippen LogP contribution in [0.1, 0.15) is 59.9 Å². The molecule has 1 aliphatic carbocycles. The van der Waals surface area contributed by atoms with Gasteiger partial charge in [-0.05, 0) is 32.8 Å². The molecule has 0 aliphatic heterocycles. The molecule has 0 unspecified atom stereocenters. The third-order valence-electron chi connectivity index (χ3n) is 4.74. The summed E-state index contributed by atoms with van der Waals surface area (Å²) in [6, 6.07) is 2.61. The molecule has 0 atom stereocenters. The molecule has 1 aliphatic rings. The molecule has 1 aromatic heterocycles. The van der Waals surface area contributed by atoms with E-state index in [2.05, 4.69) is 29.0 Å². The maximum Gasteiger partial charge on any atom is 0.253 e. The second-order valence-corrected chi connectivity index (χ2v) is 6.45. The van der Waals surface area contributed by atoms with Crippen molar-refractivity contribution in [1.82, 2.24) is 15.2 Å². The molecule has 6 heteroatoms. The molecule has 2 rings (SSSR count). The van der Waals surface area contributed by atoms with Crippen molar-refractivity contribution in [2.45, 2.75) is 52.0 Å². The van der Waals surface area contributed by atoms with Crippen LogP contribution in [0.2, 0.25) is 0 Å². The lowest BCUT2D eigenvalue weighted by atomic mass is 9.95. The Morgan fingerprint density at radius 1 is 1.21 bits per heavy atom. The first-order chi connectivity index (χ1) is 11.1. The molecule has 0 saturated heterocycles. The number of carbonyl (C=O) groups is 1. The summed E-state index contributed by atoms with van der Waals surface area (Å²) < 4.78 is 7.36. The minimum absolute atomic E-state index is 0. The van der Waals surface area contributed by atoms with Crippen LogP contribution in [0.4, 0.5) is 0 Å². The number of aryl methyl sites for hydroxylation is 1. The number of carbonyl (C=O) groups excluding carboxylic acids is 1. The number of ether oxygens (including phenoxy) is 1. The largest absolute Gasteiger partial charge is 0.383 e. The highest BCUT2D eigenvalue weighted by atomic mass is 35.5. The molecular formula is C18H32ClN3O2. The van der Waals surface area contributed by atoms with Gasteiger partial charge in [-0.2, -0.15) is 0 Å². The first kappa shape index (κ1) is 21.0. The Morgan fingerprint density at radius 2 is 1.92 bits per heavy atom. The number of hydrogen-bond donors (Lipinski definition) is 2. The van der Waals surface area contributed by atoms with E-state index in [-0.39, 0.29) is 18.3 Å². The third-order valence-corrected chi connectivity index (χ3v) is 4.74. The lowest BCUT2D eigenvalue weighted by Crippen LogP contribution is -2.33. The van der Waals surface area contributed by atoms with Crippen LogP contribution in [-0.4, -0.2) is 43.8 Å². The van der Waals surface area contributed by atoms with E-state index >= 15 is 0 Å². The van der Waals surface area contributed by atoms with Gasteiger partial charge in [0, 0.05) is 44.2 Å². The minimum atomic E-state index is 0. The summed E-state index contributed by atoms with van der Waals surface area (Å²) in [5, 5.41) is 6.24. The number of aromatic nitrogens is 1. The van der Waals surface area contributed by atoms with Crippen LogP contribution in [0.25, 0.3) is 0 Å². The molecule has 24 heavy (non-hydrogen) atoms. The van der Waals surface area contributed by atoms with Crippen LogP contribution >= 0.6 is 12.4 Å². The van der Waals surface area contributed by atoms with Crippen LogP contribution in [0.15, 0.2) is 6.07 Å². The maximum absolute atomic E-state index is 12.4. The fraction of sp³-hybridized carbons (Fsp3) is 0.722. The minimum Gasteiger partial charge on any atom is -0.383 e. The Hall–Kier alpha value is -1.04. The van der Waals surface area contributed by atoms with E-state index in [1.807, 2.05) is 6.07 Å². The molecule has 0 spiro atoms. The van der Waals surface area contributed by atoms with Crippen molar-refractivity contribution in [2.75, 3.05) is 33.4 Å². The van der Waals surface area contributed by atoms with Crippen molar-refractivity contribution in [3.05, 3.63) is 23.0 Å². The lowest BCUT2D eigenvalue weighted by molar-refractivity contribution is 0.0953. The fourth-order valence-electron chi connectivity index (χ4n) is 3.57. The number of methoxy groups -OCH3 is 1. The van der Waals surface area contributed by atoms with Crippen molar-refractivity contribution in [3.8, 4) is 0 Å². The van der Waals surface area contributed by atoms with Crippen LogP contribution in [0, 0.1) is 13.8 Å². The SMILES string of the molecule is COCCNCCNC(=O)c1cc(C)n(C2CCCCC2)c1C.Cl. The van der Waals surface area contributed by atoms with Gasteiger partial charge < -0.3 is 19.9 Å². The van der Waals surface area contributed by atoms with E-state index in [0.29, 0.717) is 19.2 Å². The summed E-state index contributed by atoms with van der Waals surface area (Å²) >= 11 is 0. The molecule has 2 N–H and O–H groups in total. The standard InChI is InChI=1S/C18H31N3O2.ClH/c1-14-13-17(18(22)20-10-9-19-11-12-23-3)15(2)21(14)16-7-5-4-6-8-16;/h13,16,19H,4-12H2,1-3H3,(H,20,22);1H. The van der Waals surface area contributed by atoms with Gasteiger partial charge in [-0.15, -0.1) is 12.4 Å².